The Morgan fingerprint density at radius 3 is 2.78 bits per heavy atom. The lowest BCUT2D eigenvalue weighted by Crippen LogP contribution is -2.45. The maximum Gasteiger partial charge on any atom is 0.0771 e. The fourth-order valence-electron chi connectivity index (χ4n) is 3.04. The highest BCUT2D eigenvalue weighted by Gasteiger charge is 2.39. The Morgan fingerprint density at radius 1 is 1.28 bits per heavy atom. The Hall–Kier alpha value is -0.120. The van der Waals surface area contributed by atoms with Gasteiger partial charge in [-0.2, -0.15) is 0 Å². The number of nitrogens with one attached hydrogen (secondary N) is 2. The molecule has 0 radical (unpaired) electrons. The maximum absolute atomic E-state index is 10.3. The summed E-state index contributed by atoms with van der Waals surface area (Å²) < 4.78 is 0. The van der Waals surface area contributed by atoms with Crippen molar-refractivity contribution in [2.45, 2.75) is 76.5 Å². The second-order valence-corrected chi connectivity index (χ2v) is 6.65. The van der Waals surface area contributed by atoms with Crippen LogP contribution in [0.4, 0.5) is 0 Å². The highest BCUT2D eigenvalue weighted by atomic mass is 16.3. The van der Waals surface area contributed by atoms with Crippen LogP contribution in [0.25, 0.3) is 0 Å². The molecule has 0 amide bonds. The molecule has 3 nitrogen and oxygen atoms in total. The summed E-state index contributed by atoms with van der Waals surface area (Å²) in [5, 5.41) is 17.4. The molecule has 0 aromatic rings. The van der Waals surface area contributed by atoms with Gasteiger partial charge in [0.2, 0.25) is 0 Å². The molecule has 0 aromatic carbocycles. The van der Waals surface area contributed by atoms with E-state index >= 15 is 0 Å². The monoisotopic (exact) mass is 254 g/mol. The van der Waals surface area contributed by atoms with Crippen LogP contribution in [0.15, 0.2) is 0 Å². The standard InChI is InChI=1S/C15H30N2O/c1-12(10-14-6-4-3-5-9-16-14)17-11-15(2,18)13-7-8-13/h12-14,16-18H,3-11H2,1-2H3. The Kier molecular flexibility index (Phi) is 5.05. The van der Waals surface area contributed by atoms with Gasteiger partial charge in [-0.05, 0) is 58.4 Å². The molecule has 1 aliphatic heterocycles. The summed E-state index contributed by atoms with van der Waals surface area (Å²) >= 11 is 0. The van der Waals surface area contributed by atoms with Crippen molar-refractivity contribution < 1.29 is 5.11 Å². The van der Waals surface area contributed by atoms with E-state index in [-0.39, 0.29) is 0 Å². The molecule has 2 fully saturated rings. The lowest BCUT2D eigenvalue weighted by atomic mass is 9.99. The minimum atomic E-state index is -0.495. The van der Waals surface area contributed by atoms with Gasteiger partial charge in [0.25, 0.3) is 0 Å². The van der Waals surface area contributed by atoms with E-state index in [1.165, 1.54) is 51.5 Å². The summed E-state index contributed by atoms with van der Waals surface area (Å²) in [4.78, 5) is 0. The zero-order valence-corrected chi connectivity index (χ0v) is 12.0. The maximum atomic E-state index is 10.3. The van der Waals surface area contributed by atoms with Crippen molar-refractivity contribution in [1.82, 2.24) is 10.6 Å². The molecule has 3 heteroatoms. The van der Waals surface area contributed by atoms with Crippen molar-refractivity contribution in [2.75, 3.05) is 13.1 Å². The lowest BCUT2D eigenvalue weighted by Gasteiger charge is -2.27. The van der Waals surface area contributed by atoms with Gasteiger partial charge >= 0.3 is 0 Å². The number of rotatable bonds is 6. The number of hydrogen-bond acceptors (Lipinski definition) is 3. The van der Waals surface area contributed by atoms with Crippen molar-refractivity contribution >= 4 is 0 Å². The van der Waals surface area contributed by atoms with Crippen LogP contribution >= 0.6 is 0 Å². The molecule has 0 aromatic heterocycles. The van der Waals surface area contributed by atoms with Crippen LogP contribution in [0.3, 0.4) is 0 Å². The molecule has 1 heterocycles. The SMILES string of the molecule is CC(CC1CCCCCN1)NCC(C)(O)C1CC1. The van der Waals surface area contributed by atoms with Crippen LogP contribution in [-0.2, 0) is 0 Å². The molecule has 18 heavy (non-hydrogen) atoms. The largest absolute Gasteiger partial charge is 0.389 e. The van der Waals surface area contributed by atoms with Gasteiger partial charge in [-0.3, -0.25) is 0 Å². The van der Waals surface area contributed by atoms with Gasteiger partial charge in [-0.25, -0.2) is 0 Å². The second-order valence-electron chi connectivity index (χ2n) is 6.65. The first kappa shape index (κ1) is 14.3. The van der Waals surface area contributed by atoms with Crippen molar-refractivity contribution in [3.05, 3.63) is 0 Å². The Labute approximate surface area is 112 Å². The molecule has 3 unspecified atom stereocenters. The summed E-state index contributed by atoms with van der Waals surface area (Å²) in [7, 11) is 0. The average Bonchev–Trinajstić information content (AvgIpc) is 3.14. The summed E-state index contributed by atoms with van der Waals surface area (Å²) in [5.41, 5.74) is -0.495. The first-order chi connectivity index (χ1) is 8.58. The van der Waals surface area contributed by atoms with E-state index in [0.29, 0.717) is 18.0 Å². The van der Waals surface area contributed by atoms with E-state index in [9.17, 15) is 5.11 Å². The molecule has 1 aliphatic carbocycles. The first-order valence-corrected chi connectivity index (χ1v) is 7.77. The summed E-state index contributed by atoms with van der Waals surface area (Å²) in [6.07, 6.45) is 8.97. The zero-order valence-electron chi connectivity index (χ0n) is 12.0. The van der Waals surface area contributed by atoms with Crippen molar-refractivity contribution in [3.63, 3.8) is 0 Å². The van der Waals surface area contributed by atoms with Crippen molar-refractivity contribution in [2.24, 2.45) is 5.92 Å². The Bertz CT molecular complexity index is 243. The van der Waals surface area contributed by atoms with Crippen molar-refractivity contribution in [3.8, 4) is 0 Å². The van der Waals surface area contributed by atoms with Crippen LogP contribution in [-0.4, -0.2) is 35.9 Å². The molecule has 2 rings (SSSR count). The van der Waals surface area contributed by atoms with E-state index < -0.39 is 5.60 Å². The van der Waals surface area contributed by atoms with Gasteiger partial charge in [-0.1, -0.05) is 12.8 Å². The quantitative estimate of drug-likeness (QED) is 0.680. The predicted octanol–water partition coefficient (Wildman–Crippen LogP) is 2.05. The molecular formula is C15H30N2O. The minimum Gasteiger partial charge on any atom is -0.389 e. The fraction of sp³-hybridized carbons (Fsp3) is 1.00. The predicted molar refractivity (Wildman–Crippen MR) is 75.7 cm³/mol. The molecule has 106 valence electrons. The Morgan fingerprint density at radius 2 is 2.06 bits per heavy atom. The first-order valence-electron chi connectivity index (χ1n) is 7.77. The zero-order chi connectivity index (χ0) is 13.0. The minimum absolute atomic E-state index is 0.492. The average molecular weight is 254 g/mol. The van der Waals surface area contributed by atoms with Crippen LogP contribution in [0.1, 0.15) is 58.8 Å². The van der Waals surface area contributed by atoms with Gasteiger partial charge in [0, 0.05) is 18.6 Å². The molecule has 1 saturated heterocycles. The van der Waals surface area contributed by atoms with E-state index in [0.717, 1.165) is 6.54 Å². The summed E-state index contributed by atoms with van der Waals surface area (Å²) in [6.45, 7) is 6.15. The summed E-state index contributed by atoms with van der Waals surface area (Å²) in [6, 6.07) is 1.16. The van der Waals surface area contributed by atoms with Crippen LogP contribution < -0.4 is 10.6 Å². The summed E-state index contributed by atoms with van der Waals surface area (Å²) in [5.74, 6) is 0.535. The van der Waals surface area contributed by atoms with Crippen LogP contribution in [0.5, 0.6) is 0 Å². The molecule has 3 atom stereocenters. The van der Waals surface area contributed by atoms with Gasteiger partial charge in [0.05, 0.1) is 5.60 Å². The second kappa shape index (κ2) is 6.36. The van der Waals surface area contributed by atoms with Gasteiger partial charge in [0.1, 0.15) is 0 Å². The third-order valence-electron chi connectivity index (χ3n) is 4.57. The smallest absolute Gasteiger partial charge is 0.0771 e. The molecule has 0 spiro atoms. The van der Waals surface area contributed by atoms with E-state index in [2.05, 4.69) is 17.6 Å². The molecule has 2 aliphatic rings. The molecule has 0 bridgehead atoms. The van der Waals surface area contributed by atoms with E-state index in [1.807, 2.05) is 6.92 Å². The molecular weight excluding hydrogens is 224 g/mol. The highest BCUT2D eigenvalue weighted by Crippen LogP contribution is 2.39. The van der Waals surface area contributed by atoms with Crippen LogP contribution in [0, 0.1) is 5.92 Å². The number of aliphatic hydroxyl groups is 1. The third kappa shape index (κ3) is 4.52. The van der Waals surface area contributed by atoms with Gasteiger partial charge < -0.3 is 15.7 Å². The molecule has 1 saturated carbocycles. The van der Waals surface area contributed by atoms with E-state index in [4.69, 9.17) is 0 Å². The topological polar surface area (TPSA) is 44.3 Å². The van der Waals surface area contributed by atoms with E-state index in [1.54, 1.807) is 0 Å². The van der Waals surface area contributed by atoms with Gasteiger partial charge in [-0.15, -0.1) is 0 Å². The van der Waals surface area contributed by atoms with Crippen LogP contribution in [0.2, 0.25) is 0 Å². The Balaban J connectivity index is 1.65. The highest BCUT2D eigenvalue weighted by molar-refractivity contribution is 4.93. The number of hydrogen-bond donors (Lipinski definition) is 3. The van der Waals surface area contributed by atoms with Gasteiger partial charge in [0.15, 0.2) is 0 Å². The fourth-order valence-corrected chi connectivity index (χ4v) is 3.04. The lowest BCUT2D eigenvalue weighted by molar-refractivity contribution is 0.0342. The van der Waals surface area contributed by atoms with Crippen molar-refractivity contribution in [1.29, 1.82) is 0 Å². The molecule has 3 N–H and O–H groups in total. The normalized spacial score (nSPS) is 30.5. The third-order valence-corrected chi connectivity index (χ3v) is 4.57.